The van der Waals surface area contributed by atoms with E-state index in [0.717, 1.165) is 43.8 Å². The van der Waals surface area contributed by atoms with E-state index in [9.17, 15) is 0 Å². The van der Waals surface area contributed by atoms with Crippen molar-refractivity contribution in [2.75, 3.05) is 0 Å². The minimum Gasteiger partial charge on any atom is -0.324 e. The Hall–Kier alpha value is -4.49. The topological polar surface area (TPSA) is 109 Å². The average Bonchev–Trinajstić information content (AvgIpc) is 3.73. The van der Waals surface area contributed by atoms with Crippen LogP contribution < -0.4 is 0 Å². The number of fused-ring (bicyclic) bond motifs is 20. The fourth-order valence-electron chi connectivity index (χ4n) is 5.59. The molecule has 0 aliphatic carbocycles. The number of rotatable bonds is 0. The van der Waals surface area contributed by atoms with E-state index in [2.05, 4.69) is 9.97 Å². The predicted octanol–water partition coefficient (Wildman–Crippen LogP) is 4.50. The van der Waals surface area contributed by atoms with Crippen molar-refractivity contribution < 1.29 is 0 Å². The number of nitrogens with one attached hydrogen (secondary N) is 2. The van der Waals surface area contributed by atoms with Crippen molar-refractivity contribution in [3.63, 3.8) is 0 Å². The second kappa shape index (κ2) is 10.1. The standard InChI is InChI=1S/C32H18N8.2Ga.6H/c1-2-10-18-17(9-1)25-33-26(18)38-28-21-13-5-6-14-22(21)30(35-28)40-32-24-16-8-7-15-23(24)31(36-32)39-29-20-12-4-3-11-19(20)27(34-29)37-25;;;;;;;;/h1-16H,(H2,33,34,35,36,37,38,39,40);;;;;;;;. The first kappa shape index (κ1) is 26.4. The van der Waals surface area contributed by atoms with Crippen LogP contribution in [0.4, 0.5) is 0 Å². The van der Waals surface area contributed by atoms with Gasteiger partial charge in [0.25, 0.3) is 0 Å². The minimum absolute atomic E-state index is 0. The van der Waals surface area contributed by atoms with Gasteiger partial charge >= 0.3 is 39.6 Å². The molecule has 9 rings (SSSR count). The Morgan fingerprint density at radius 2 is 0.548 bits per heavy atom. The molecule has 0 saturated heterocycles. The number of aromatic nitrogens is 8. The predicted molar refractivity (Wildman–Crippen MR) is 176 cm³/mol. The molecular weight excluding hydrogens is 636 g/mol. The molecule has 3 aromatic heterocycles. The summed E-state index contributed by atoms with van der Waals surface area (Å²) >= 11 is 0. The minimum atomic E-state index is 0. The van der Waals surface area contributed by atoms with E-state index < -0.39 is 0 Å². The monoisotopic (exact) mass is 658 g/mol. The van der Waals surface area contributed by atoms with Crippen LogP contribution in [0, 0.1) is 0 Å². The van der Waals surface area contributed by atoms with E-state index >= 15 is 0 Å². The Bertz CT molecular complexity index is 2040. The van der Waals surface area contributed by atoms with Crippen molar-refractivity contribution in [2.45, 2.75) is 0 Å². The molecule has 0 saturated carbocycles. The van der Waals surface area contributed by atoms with Crippen LogP contribution in [0.15, 0.2) is 97.1 Å². The quantitative estimate of drug-likeness (QED) is 0.232. The van der Waals surface area contributed by atoms with E-state index in [1.807, 2.05) is 97.1 Å². The molecule has 0 unspecified atom stereocenters. The fourth-order valence-corrected chi connectivity index (χ4v) is 5.59. The van der Waals surface area contributed by atoms with Crippen molar-refractivity contribution in [1.82, 2.24) is 39.9 Å². The number of benzene rings is 4. The van der Waals surface area contributed by atoms with Crippen LogP contribution in [0.25, 0.3) is 89.7 Å². The van der Waals surface area contributed by atoms with E-state index in [1.54, 1.807) is 0 Å². The Morgan fingerprint density at radius 1 is 0.310 bits per heavy atom. The van der Waals surface area contributed by atoms with Crippen LogP contribution in [0.3, 0.4) is 0 Å². The van der Waals surface area contributed by atoms with Crippen LogP contribution in [-0.2, 0) is 0 Å². The molecule has 0 radical (unpaired) electrons. The molecule has 2 aliphatic rings. The van der Waals surface area contributed by atoms with E-state index in [0.29, 0.717) is 45.9 Å². The Labute approximate surface area is 264 Å². The van der Waals surface area contributed by atoms with Gasteiger partial charge in [-0.15, -0.1) is 0 Å². The molecule has 0 atom stereocenters. The van der Waals surface area contributed by atoms with Crippen LogP contribution in [0.2, 0.25) is 0 Å². The maximum atomic E-state index is 5.02. The van der Waals surface area contributed by atoms with Crippen molar-refractivity contribution in [2.24, 2.45) is 0 Å². The summed E-state index contributed by atoms with van der Waals surface area (Å²) in [5.74, 6) is 2.39. The summed E-state index contributed by atoms with van der Waals surface area (Å²) in [4.78, 5) is 36.8. The smallest absolute Gasteiger partial charge is 0.164 e. The first-order valence-corrected chi connectivity index (χ1v) is 13.0. The summed E-state index contributed by atoms with van der Waals surface area (Å²) in [5.41, 5.74) is 6.45. The van der Waals surface area contributed by atoms with Crippen molar-refractivity contribution in [1.29, 1.82) is 0 Å². The number of hydrogen-bond acceptors (Lipinski definition) is 6. The Balaban J connectivity index is 0.00000144. The summed E-state index contributed by atoms with van der Waals surface area (Å²) < 4.78 is 0. The van der Waals surface area contributed by atoms with Gasteiger partial charge in [-0.2, -0.15) is 0 Å². The van der Waals surface area contributed by atoms with Gasteiger partial charge in [-0.25, -0.2) is 29.9 Å². The third-order valence-corrected chi connectivity index (χ3v) is 7.46. The van der Waals surface area contributed by atoms with Crippen LogP contribution in [0.1, 0.15) is 0 Å². The molecule has 2 N–H and O–H groups in total. The summed E-state index contributed by atoms with van der Waals surface area (Å²) in [6.07, 6.45) is 0. The first-order chi connectivity index (χ1) is 19.8. The largest absolute Gasteiger partial charge is 0.324 e. The van der Waals surface area contributed by atoms with Gasteiger partial charge < -0.3 is 9.97 Å². The van der Waals surface area contributed by atoms with Gasteiger partial charge in [0, 0.05) is 43.8 Å². The summed E-state index contributed by atoms with van der Waals surface area (Å²) in [5, 5.41) is 3.82. The second-order valence-corrected chi connectivity index (χ2v) is 9.79. The van der Waals surface area contributed by atoms with Crippen molar-refractivity contribution in [3.05, 3.63) is 97.1 Å². The molecule has 0 amide bonds. The molecule has 198 valence electrons. The molecule has 0 spiro atoms. The molecule has 2 aliphatic heterocycles. The molecule has 42 heavy (non-hydrogen) atoms. The van der Waals surface area contributed by atoms with Crippen LogP contribution >= 0.6 is 0 Å². The molecule has 8 nitrogen and oxygen atoms in total. The molecule has 5 heterocycles. The molecule has 0 fully saturated rings. The van der Waals surface area contributed by atoms with Gasteiger partial charge in [0.05, 0.1) is 0 Å². The second-order valence-electron chi connectivity index (χ2n) is 9.79. The normalized spacial score (nSPS) is 11.4. The number of nitrogens with zero attached hydrogens (tertiary/aromatic N) is 6. The van der Waals surface area contributed by atoms with Crippen LogP contribution in [-0.4, -0.2) is 79.5 Å². The average molecular weight is 660 g/mol. The van der Waals surface area contributed by atoms with Gasteiger partial charge in [0.15, 0.2) is 23.3 Å². The first-order valence-electron chi connectivity index (χ1n) is 13.0. The van der Waals surface area contributed by atoms with Gasteiger partial charge in [0.2, 0.25) is 0 Å². The Morgan fingerprint density at radius 3 is 0.810 bits per heavy atom. The summed E-state index contributed by atoms with van der Waals surface area (Å²) in [7, 11) is 0. The zero-order chi connectivity index (χ0) is 26.2. The molecule has 4 aromatic carbocycles. The van der Waals surface area contributed by atoms with Crippen LogP contribution in [0.5, 0.6) is 0 Å². The molecule has 8 bridgehead atoms. The zero-order valence-electron chi connectivity index (χ0n) is 20.9. The van der Waals surface area contributed by atoms with E-state index in [-0.39, 0.29) is 39.6 Å². The van der Waals surface area contributed by atoms with Gasteiger partial charge in [-0.3, -0.25) is 0 Å². The SMILES string of the molecule is [GaH3].[GaH3].c1ccc2c(c1)-c1nc-2nc2[nH]c(nc3nc(nc4[nH]c(n1)c1ccccc41)-c1ccccc1-3)c1ccccc21. The molecular formula is C32H24Ga2N8. The van der Waals surface area contributed by atoms with Gasteiger partial charge in [-0.1, -0.05) is 97.1 Å². The molecule has 7 aromatic rings. The Kier molecular flexibility index (Phi) is 6.35. The van der Waals surface area contributed by atoms with E-state index in [1.165, 1.54) is 0 Å². The van der Waals surface area contributed by atoms with Gasteiger partial charge in [0.1, 0.15) is 22.6 Å². The maximum Gasteiger partial charge on any atom is 0.164 e. The van der Waals surface area contributed by atoms with Crippen molar-refractivity contribution >= 4 is 83.7 Å². The van der Waals surface area contributed by atoms with Gasteiger partial charge in [-0.05, 0) is 0 Å². The number of hydrogen-bond donors (Lipinski definition) is 2. The fraction of sp³-hybridized carbons (Fsp3) is 0. The third-order valence-electron chi connectivity index (χ3n) is 7.46. The zero-order valence-corrected chi connectivity index (χ0v) is 20.9. The number of aromatic amines is 2. The number of H-pyrrole nitrogens is 2. The maximum absolute atomic E-state index is 5.02. The third kappa shape index (κ3) is 3.95. The summed E-state index contributed by atoms with van der Waals surface area (Å²) in [6, 6.07) is 32.2. The summed E-state index contributed by atoms with van der Waals surface area (Å²) in [6.45, 7) is 0. The van der Waals surface area contributed by atoms with Crippen molar-refractivity contribution in [3.8, 4) is 45.6 Å². The molecule has 10 heteroatoms. The van der Waals surface area contributed by atoms with E-state index in [4.69, 9.17) is 29.9 Å².